The van der Waals surface area contributed by atoms with E-state index in [2.05, 4.69) is 53.7 Å². The van der Waals surface area contributed by atoms with Crippen molar-refractivity contribution in [3.8, 4) is 0 Å². The van der Waals surface area contributed by atoms with E-state index in [1.54, 1.807) is 0 Å². The molecule has 0 rings (SSSR count). The van der Waals surface area contributed by atoms with Gasteiger partial charge in [0, 0.05) is 44.6 Å². The van der Waals surface area contributed by atoms with Crippen LogP contribution >= 0.6 is 0 Å². The Kier molecular flexibility index (Phi) is 20.1. The molecule has 32 heavy (non-hydrogen) atoms. The summed E-state index contributed by atoms with van der Waals surface area (Å²) in [5, 5.41) is 15.5. The van der Waals surface area contributed by atoms with Crippen molar-refractivity contribution < 1.29 is 14.7 Å². The lowest BCUT2D eigenvalue weighted by Crippen LogP contribution is -2.51. The second-order valence-electron chi connectivity index (χ2n) is 8.57. The summed E-state index contributed by atoms with van der Waals surface area (Å²) in [5.41, 5.74) is 0. The van der Waals surface area contributed by atoms with E-state index in [1.165, 1.54) is 0 Å². The Morgan fingerprint density at radius 3 is 1.56 bits per heavy atom. The number of carbonyl (C=O) groups excluding carboxylic acids is 2. The van der Waals surface area contributed by atoms with Gasteiger partial charge < -0.3 is 15.7 Å². The molecule has 0 bridgehead atoms. The lowest BCUT2D eigenvalue weighted by molar-refractivity contribution is -0.121. The second kappa shape index (κ2) is 21.2. The van der Waals surface area contributed by atoms with Crippen molar-refractivity contribution >= 4 is 11.8 Å². The van der Waals surface area contributed by atoms with Gasteiger partial charge in [-0.2, -0.15) is 0 Å². The van der Waals surface area contributed by atoms with Crippen LogP contribution in [-0.2, 0) is 9.59 Å². The smallest absolute Gasteiger partial charge is 0.220 e. The van der Waals surface area contributed by atoms with Crippen molar-refractivity contribution in [3.05, 3.63) is 24.3 Å². The zero-order valence-electron chi connectivity index (χ0n) is 21.1. The van der Waals surface area contributed by atoms with Crippen molar-refractivity contribution in [3.63, 3.8) is 0 Å². The largest absolute Gasteiger partial charge is 0.395 e. The maximum Gasteiger partial charge on any atom is 0.220 e. The summed E-state index contributed by atoms with van der Waals surface area (Å²) in [4.78, 5) is 26.4. The molecule has 2 amide bonds. The van der Waals surface area contributed by atoms with Crippen molar-refractivity contribution in [1.82, 2.24) is 15.5 Å². The summed E-state index contributed by atoms with van der Waals surface area (Å²) < 4.78 is 0. The first-order chi connectivity index (χ1) is 15.5. The normalized spacial score (nSPS) is 13.7. The van der Waals surface area contributed by atoms with Gasteiger partial charge in [-0.1, -0.05) is 51.0 Å². The predicted octanol–water partition coefficient (Wildman–Crippen LogP) is 4.34. The molecule has 0 radical (unpaired) electrons. The number of carbonyl (C=O) groups is 2. The van der Waals surface area contributed by atoms with E-state index in [1.807, 2.05) is 13.8 Å². The van der Waals surface area contributed by atoms with Crippen molar-refractivity contribution in [2.45, 2.75) is 104 Å². The highest BCUT2D eigenvalue weighted by Gasteiger charge is 2.20. The molecule has 6 heteroatoms. The van der Waals surface area contributed by atoms with Gasteiger partial charge in [-0.3, -0.25) is 14.5 Å². The first-order valence-electron chi connectivity index (χ1n) is 12.7. The fourth-order valence-electron chi connectivity index (χ4n) is 3.49. The first-order valence-corrected chi connectivity index (χ1v) is 12.7. The van der Waals surface area contributed by atoms with Gasteiger partial charge in [-0.25, -0.2) is 0 Å². The van der Waals surface area contributed by atoms with Gasteiger partial charge >= 0.3 is 0 Å². The van der Waals surface area contributed by atoms with Crippen molar-refractivity contribution in [2.24, 2.45) is 0 Å². The molecule has 0 spiro atoms. The highest BCUT2D eigenvalue weighted by atomic mass is 16.3. The number of unbranched alkanes of at least 4 members (excludes halogenated alkanes) is 4. The van der Waals surface area contributed by atoms with Crippen LogP contribution in [-0.4, -0.2) is 60.1 Å². The van der Waals surface area contributed by atoms with E-state index in [-0.39, 0.29) is 30.5 Å². The number of allylic oxidation sites excluding steroid dienone is 4. The molecule has 6 nitrogen and oxygen atoms in total. The zero-order valence-corrected chi connectivity index (χ0v) is 21.1. The minimum absolute atomic E-state index is 0.0464. The van der Waals surface area contributed by atoms with Gasteiger partial charge in [-0.15, -0.1) is 0 Å². The fraction of sp³-hybridized carbons (Fsp3) is 0.769. The van der Waals surface area contributed by atoms with Crippen LogP contribution in [0.2, 0.25) is 0 Å². The van der Waals surface area contributed by atoms with Crippen LogP contribution in [0.15, 0.2) is 24.3 Å². The van der Waals surface area contributed by atoms with Gasteiger partial charge in [0.1, 0.15) is 0 Å². The number of nitrogens with one attached hydrogen (secondary N) is 2. The molecule has 0 aliphatic rings. The molecular weight excluding hydrogens is 402 g/mol. The molecule has 2 atom stereocenters. The predicted molar refractivity (Wildman–Crippen MR) is 135 cm³/mol. The van der Waals surface area contributed by atoms with Crippen LogP contribution < -0.4 is 10.6 Å². The summed E-state index contributed by atoms with van der Waals surface area (Å²) in [5.74, 6) is 0.136. The van der Waals surface area contributed by atoms with Crippen molar-refractivity contribution in [1.29, 1.82) is 0 Å². The third-order valence-corrected chi connectivity index (χ3v) is 5.47. The number of nitrogens with zero attached hydrogens (tertiary/aromatic N) is 1. The highest BCUT2D eigenvalue weighted by Crippen LogP contribution is 2.06. The lowest BCUT2D eigenvalue weighted by Gasteiger charge is -2.34. The molecule has 186 valence electrons. The number of amides is 2. The molecule has 2 unspecified atom stereocenters. The number of hydrogen-bond acceptors (Lipinski definition) is 4. The number of aliphatic hydroxyl groups is 1. The quantitative estimate of drug-likeness (QED) is 0.190. The molecule has 0 saturated heterocycles. The molecule has 3 N–H and O–H groups in total. The molecule has 0 aliphatic carbocycles. The second-order valence-corrected chi connectivity index (χ2v) is 8.57. The summed E-state index contributed by atoms with van der Waals surface area (Å²) in [6, 6.07) is 0.150. The van der Waals surface area contributed by atoms with E-state index in [4.69, 9.17) is 0 Å². The Morgan fingerprint density at radius 2 is 1.19 bits per heavy atom. The number of aliphatic hydroxyl groups excluding tert-OH is 1. The molecular formula is C26H49N3O3. The molecule has 0 aromatic carbocycles. The minimum Gasteiger partial charge on any atom is -0.395 e. The van der Waals surface area contributed by atoms with E-state index in [9.17, 15) is 14.7 Å². The Balaban J connectivity index is 4.23. The summed E-state index contributed by atoms with van der Waals surface area (Å²) in [6.45, 7) is 10.0. The van der Waals surface area contributed by atoms with Gasteiger partial charge in [0.25, 0.3) is 0 Å². The van der Waals surface area contributed by atoms with Crippen LogP contribution in [0.25, 0.3) is 0 Å². The van der Waals surface area contributed by atoms with Crippen LogP contribution in [0.4, 0.5) is 0 Å². The minimum atomic E-state index is 0.0464. The Morgan fingerprint density at radius 1 is 0.781 bits per heavy atom. The summed E-state index contributed by atoms with van der Waals surface area (Å²) in [6.07, 6.45) is 17.8. The van der Waals surface area contributed by atoms with E-state index < -0.39 is 0 Å². The SMILES string of the molecule is CCC/C=C/CCCC(=O)NCC(C)N(CCO)C(C)CNC(=O)CCC/C=C/CCC. The molecule has 0 aromatic rings. The molecule has 0 fully saturated rings. The fourth-order valence-corrected chi connectivity index (χ4v) is 3.49. The third kappa shape index (κ3) is 17.0. The average molecular weight is 452 g/mol. The Hall–Kier alpha value is -1.66. The van der Waals surface area contributed by atoms with Crippen molar-refractivity contribution in [2.75, 3.05) is 26.2 Å². The topological polar surface area (TPSA) is 81.7 Å². The van der Waals surface area contributed by atoms with Gasteiger partial charge in [0.05, 0.1) is 6.61 Å². The maximum atomic E-state index is 12.1. The standard InChI is InChI=1S/C26H49N3O3/c1-5-7-9-11-13-15-17-25(31)27-21-23(3)29(19-20-30)24(4)22-28-26(32)18-16-14-12-10-8-6-2/h9-12,23-24,30H,5-8,13-22H2,1-4H3,(H,27,31)(H,28,32)/b11-9+,12-10+. The van der Waals surface area contributed by atoms with Crippen LogP contribution in [0, 0.1) is 0 Å². The maximum absolute atomic E-state index is 12.1. The molecule has 0 saturated carbocycles. The van der Waals surface area contributed by atoms with E-state index in [0.717, 1.165) is 51.4 Å². The Bertz CT molecular complexity index is 490. The van der Waals surface area contributed by atoms with Crippen LogP contribution in [0.1, 0.15) is 91.9 Å². The summed E-state index contributed by atoms with van der Waals surface area (Å²) in [7, 11) is 0. The Labute approximate surface area is 196 Å². The first kappa shape index (κ1) is 30.3. The van der Waals surface area contributed by atoms with Gasteiger partial charge in [0.2, 0.25) is 11.8 Å². The summed E-state index contributed by atoms with van der Waals surface area (Å²) >= 11 is 0. The van der Waals surface area contributed by atoms with Crippen LogP contribution in [0.5, 0.6) is 0 Å². The third-order valence-electron chi connectivity index (χ3n) is 5.47. The molecule has 0 aliphatic heterocycles. The van der Waals surface area contributed by atoms with Gasteiger partial charge in [-0.05, 0) is 52.4 Å². The average Bonchev–Trinajstić information content (AvgIpc) is 2.78. The number of hydrogen-bond donors (Lipinski definition) is 3. The lowest BCUT2D eigenvalue weighted by atomic mass is 10.1. The number of rotatable bonds is 20. The molecule has 0 aromatic heterocycles. The molecule has 0 heterocycles. The zero-order chi connectivity index (χ0) is 24.0. The van der Waals surface area contributed by atoms with Crippen LogP contribution in [0.3, 0.4) is 0 Å². The highest BCUT2D eigenvalue weighted by molar-refractivity contribution is 5.76. The van der Waals surface area contributed by atoms with Gasteiger partial charge in [0.15, 0.2) is 0 Å². The van der Waals surface area contributed by atoms with E-state index >= 15 is 0 Å². The van der Waals surface area contributed by atoms with E-state index in [0.29, 0.717) is 32.5 Å². The monoisotopic (exact) mass is 451 g/mol.